The molecule has 0 bridgehead atoms. The Hall–Kier alpha value is -2.40. The smallest absolute Gasteiger partial charge is 0.198 e. The lowest BCUT2D eigenvalue weighted by atomic mass is 10.2. The molecule has 0 spiro atoms. The zero-order valence-corrected chi connectivity index (χ0v) is 11.3. The van der Waals surface area contributed by atoms with Gasteiger partial charge in [-0.15, -0.1) is 0 Å². The standard InChI is InChI=1S/C15H9ClF2N2O/c16-12-6-9(2-3-13(12)18)19-7-11-10-5-8(17)1-4-14(10)20-15(11)21/h1-7,20-21H. The van der Waals surface area contributed by atoms with Gasteiger partial charge in [0.2, 0.25) is 0 Å². The molecule has 0 saturated carbocycles. The van der Waals surface area contributed by atoms with Crippen LogP contribution in [0, 0.1) is 11.6 Å². The predicted octanol–water partition coefficient (Wildman–Crippen LogP) is 4.56. The van der Waals surface area contributed by atoms with Gasteiger partial charge in [0.05, 0.1) is 16.3 Å². The summed E-state index contributed by atoms with van der Waals surface area (Å²) in [5, 5.41) is 10.3. The number of hydrogen-bond donors (Lipinski definition) is 2. The summed E-state index contributed by atoms with van der Waals surface area (Å²) in [6.07, 6.45) is 1.37. The van der Waals surface area contributed by atoms with E-state index in [1.807, 2.05) is 0 Å². The van der Waals surface area contributed by atoms with Crippen LogP contribution in [0.15, 0.2) is 41.4 Å². The van der Waals surface area contributed by atoms with Crippen molar-refractivity contribution in [2.24, 2.45) is 4.99 Å². The molecule has 0 radical (unpaired) electrons. The molecule has 3 nitrogen and oxygen atoms in total. The van der Waals surface area contributed by atoms with Crippen LogP contribution in [0.5, 0.6) is 5.88 Å². The van der Waals surface area contributed by atoms with Gasteiger partial charge < -0.3 is 10.1 Å². The lowest BCUT2D eigenvalue weighted by molar-refractivity contribution is 0.457. The summed E-state index contributed by atoms with van der Waals surface area (Å²) in [6.45, 7) is 0. The molecule has 2 N–H and O–H groups in total. The molecule has 21 heavy (non-hydrogen) atoms. The van der Waals surface area contributed by atoms with Crippen molar-refractivity contribution in [2.45, 2.75) is 0 Å². The summed E-state index contributed by atoms with van der Waals surface area (Å²) in [5.41, 5.74) is 1.36. The first-order chi connectivity index (χ1) is 10.0. The number of H-pyrrole nitrogens is 1. The van der Waals surface area contributed by atoms with Crippen LogP contribution in [-0.4, -0.2) is 16.3 Å². The van der Waals surface area contributed by atoms with Gasteiger partial charge in [0.25, 0.3) is 0 Å². The van der Waals surface area contributed by atoms with Gasteiger partial charge in [0.1, 0.15) is 11.6 Å². The van der Waals surface area contributed by atoms with E-state index in [9.17, 15) is 13.9 Å². The van der Waals surface area contributed by atoms with Gasteiger partial charge in [-0.2, -0.15) is 0 Å². The molecule has 1 aromatic heterocycles. The third kappa shape index (κ3) is 2.60. The third-order valence-corrected chi connectivity index (χ3v) is 3.32. The van der Waals surface area contributed by atoms with Crippen LogP contribution in [0.2, 0.25) is 5.02 Å². The molecule has 6 heteroatoms. The summed E-state index contributed by atoms with van der Waals surface area (Å²) in [6, 6.07) is 8.12. The minimum absolute atomic E-state index is 0.0427. The molecule has 0 aliphatic heterocycles. The fourth-order valence-corrected chi connectivity index (χ4v) is 2.18. The van der Waals surface area contributed by atoms with Gasteiger partial charge >= 0.3 is 0 Å². The van der Waals surface area contributed by atoms with Crippen molar-refractivity contribution in [1.82, 2.24) is 4.98 Å². The predicted molar refractivity (Wildman–Crippen MR) is 78.6 cm³/mol. The molecule has 3 rings (SSSR count). The van der Waals surface area contributed by atoms with Crippen LogP contribution in [-0.2, 0) is 0 Å². The van der Waals surface area contributed by atoms with Crippen molar-refractivity contribution < 1.29 is 13.9 Å². The lowest BCUT2D eigenvalue weighted by Crippen LogP contribution is -1.81. The number of benzene rings is 2. The molecule has 0 unspecified atom stereocenters. The largest absolute Gasteiger partial charge is 0.494 e. The zero-order valence-electron chi connectivity index (χ0n) is 10.6. The highest BCUT2D eigenvalue weighted by Crippen LogP contribution is 2.27. The zero-order chi connectivity index (χ0) is 15.0. The number of aromatic hydroxyl groups is 1. The van der Waals surface area contributed by atoms with E-state index in [0.29, 0.717) is 22.2 Å². The molecule has 0 aliphatic rings. The van der Waals surface area contributed by atoms with E-state index in [2.05, 4.69) is 9.98 Å². The highest BCUT2D eigenvalue weighted by molar-refractivity contribution is 6.31. The van der Waals surface area contributed by atoms with E-state index in [-0.39, 0.29) is 10.9 Å². The Labute approximate surface area is 123 Å². The Bertz CT molecular complexity index is 858. The molecular weight excluding hydrogens is 298 g/mol. The molecule has 0 fully saturated rings. The summed E-state index contributed by atoms with van der Waals surface area (Å²) >= 11 is 5.67. The van der Waals surface area contributed by atoms with Crippen molar-refractivity contribution in [2.75, 3.05) is 0 Å². The Morgan fingerprint density at radius 1 is 1.14 bits per heavy atom. The number of aromatic amines is 1. The second-order valence-corrected chi connectivity index (χ2v) is 4.84. The minimum Gasteiger partial charge on any atom is -0.494 e. The molecule has 106 valence electrons. The first-order valence-corrected chi connectivity index (χ1v) is 6.42. The monoisotopic (exact) mass is 306 g/mol. The second-order valence-electron chi connectivity index (χ2n) is 4.43. The minimum atomic E-state index is -0.535. The van der Waals surface area contributed by atoms with Gasteiger partial charge in [0.15, 0.2) is 5.88 Å². The highest BCUT2D eigenvalue weighted by Gasteiger charge is 2.09. The normalized spacial score (nSPS) is 11.6. The number of aromatic nitrogens is 1. The topological polar surface area (TPSA) is 48.4 Å². The van der Waals surface area contributed by atoms with Crippen LogP contribution >= 0.6 is 11.6 Å². The summed E-state index contributed by atoms with van der Waals surface area (Å²) in [7, 11) is 0. The number of fused-ring (bicyclic) bond motifs is 1. The van der Waals surface area contributed by atoms with Crippen LogP contribution < -0.4 is 0 Å². The molecule has 0 aliphatic carbocycles. The Balaban J connectivity index is 2.04. The SMILES string of the molecule is Oc1[nH]c2ccc(F)cc2c1C=Nc1ccc(F)c(Cl)c1. The second kappa shape index (κ2) is 5.18. The molecule has 0 saturated heterocycles. The van der Waals surface area contributed by atoms with E-state index in [0.717, 1.165) is 0 Å². The van der Waals surface area contributed by atoms with E-state index in [1.165, 1.54) is 42.6 Å². The third-order valence-electron chi connectivity index (χ3n) is 3.03. The quantitative estimate of drug-likeness (QED) is 0.670. The molecule has 2 aromatic carbocycles. The number of rotatable bonds is 2. The van der Waals surface area contributed by atoms with Crippen LogP contribution in [0.1, 0.15) is 5.56 Å². The van der Waals surface area contributed by atoms with Gasteiger partial charge in [-0.1, -0.05) is 11.6 Å². The fourth-order valence-electron chi connectivity index (χ4n) is 2.01. The molecule has 0 amide bonds. The fraction of sp³-hybridized carbons (Fsp3) is 0. The first kappa shape index (κ1) is 13.6. The van der Waals surface area contributed by atoms with Gasteiger partial charge in [-0.3, -0.25) is 4.99 Å². The van der Waals surface area contributed by atoms with Crippen LogP contribution in [0.25, 0.3) is 10.9 Å². The van der Waals surface area contributed by atoms with E-state index in [4.69, 9.17) is 11.6 Å². The Morgan fingerprint density at radius 3 is 2.71 bits per heavy atom. The van der Waals surface area contributed by atoms with Crippen molar-refractivity contribution in [1.29, 1.82) is 0 Å². The Kier molecular flexibility index (Phi) is 3.35. The van der Waals surface area contributed by atoms with E-state index >= 15 is 0 Å². The number of halogens is 3. The molecule has 1 heterocycles. The maximum atomic E-state index is 13.3. The number of aliphatic imine (C=N–C) groups is 1. The van der Waals surface area contributed by atoms with Crippen LogP contribution in [0.3, 0.4) is 0 Å². The number of hydrogen-bond acceptors (Lipinski definition) is 2. The molecule has 0 atom stereocenters. The van der Waals surface area contributed by atoms with Crippen LogP contribution in [0.4, 0.5) is 14.5 Å². The van der Waals surface area contributed by atoms with Crippen molar-refractivity contribution >= 4 is 34.4 Å². The van der Waals surface area contributed by atoms with Crippen molar-refractivity contribution in [3.8, 4) is 5.88 Å². The van der Waals surface area contributed by atoms with Gasteiger partial charge in [0, 0.05) is 17.1 Å². The highest BCUT2D eigenvalue weighted by atomic mass is 35.5. The summed E-state index contributed by atoms with van der Waals surface area (Å²) in [4.78, 5) is 6.84. The maximum absolute atomic E-state index is 13.3. The van der Waals surface area contributed by atoms with Crippen molar-refractivity contribution in [3.63, 3.8) is 0 Å². The lowest BCUT2D eigenvalue weighted by Gasteiger charge is -1.97. The van der Waals surface area contributed by atoms with E-state index < -0.39 is 11.6 Å². The van der Waals surface area contributed by atoms with Gasteiger partial charge in [-0.25, -0.2) is 8.78 Å². The average Bonchev–Trinajstić information content (AvgIpc) is 2.75. The first-order valence-electron chi connectivity index (χ1n) is 6.04. The van der Waals surface area contributed by atoms with Gasteiger partial charge in [-0.05, 0) is 36.4 Å². The Morgan fingerprint density at radius 2 is 1.95 bits per heavy atom. The number of nitrogens with zero attached hydrogens (tertiary/aromatic N) is 1. The average molecular weight is 307 g/mol. The summed E-state index contributed by atoms with van der Waals surface area (Å²) < 4.78 is 26.3. The summed E-state index contributed by atoms with van der Waals surface area (Å²) in [5.74, 6) is -1.07. The molecule has 3 aromatic rings. The number of nitrogens with one attached hydrogen (secondary N) is 1. The van der Waals surface area contributed by atoms with Crippen molar-refractivity contribution in [3.05, 3.63) is 58.6 Å². The maximum Gasteiger partial charge on any atom is 0.198 e. The molecular formula is C15H9ClF2N2O. The van der Waals surface area contributed by atoms with E-state index in [1.54, 1.807) is 0 Å².